The maximum atomic E-state index is 10.3. The Labute approximate surface area is 106 Å². The van der Waals surface area contributed by atoms with Crippen molar-refractivity contribution in [3.63, 3.8) is 0 Å². The van der Waals surface area contributed by atoms with Gasteiger partial charge in [-0.15, -0.1) is 0 Å². The van der Waals surface area contributed by atoms with Gasteiger partial charge in [-0.25, -0.2) is 0 Å². The minimum absolute atomic E-state index is 0.321. The summed E-state index contributed by atoms with van der Waals surface area (Å²) in [6, 6.07) is 0. The van der Waals surface area contributed by atoms with Crippen molar-refractivity contribution in [2.45, 2.75) is 77.6 Å². The van der Waals surface area contributed by atoms with E-state index in [2.05, 4.69) is 19.1 Å². The van der Waals surface area contributed by atoms with Gasteiger partial charge in [-0.05, 0) is 32.1 Å². The number of carbonyl (C=O) groups is 1. The highest BCUT2D eigenvalue weighted by molar-refractivity contribution is 5.66. The highest BCUT2D eigenvalue weighted by atomic mass is 16.4. The second-order valence-electron chi connectivity index (χ2n) is 4.67. The van der Waals surface area contributed by atoms with Crippen LogP contribution >= 0.6 is 0 Å². The van der Waals surface area contributed by atoms with E-state index in [1.165, 1.54) is 38.5 Å². The molecular weight excluding hydrogens is 212 g/mol. The molecule has 0 aromatic rings. The van der Waals surface area contributed by atoms with Crippen LogP contribution < -0.4 is 0 Å². The van der Waals surface area contributed by atoms with Crippen LogP contribution in [0.25, 0.3) is 0 Å². The highest BCUT2D eigenvalue weighted by Crippen LogP contribution is 2.07. The summed E-state index contributed by atoms with van der Waals surface area (Å²) in [5.74, 6) is -0.673. The van der Waals surface area contributed by atoms with Crippen molar-refractivity contribution in [2.24, 2.45) is 0 Å². The van der Waals surface area contributed by atoms with Gasteiger partial charge in [0.25, 0.3) is 0 Å². The van der Waals surface area contributed by atoms with Gasteiger partial charge in [-0.2, -0.15) is 0 Å². The van der Waals surface area contributed by atoms with E-state index in [1.807, 2.05) is 0 Å². The molecule has 0 aromatic carbocycles. The van der Waals surface area contributed by atoms with Gasteiger partial charge in [0.1, 0.15) is 0 Å². The first-order valence-corrected chi connectivity index (χ1v) is 7.14. The third kappa shape index (κ3) is 15.2. The Morgan fingerprint density at radius 1 is 0.882 bits per heavy atom. The zero-order valence-electron chi connectivity index (χ0n) is 11.3. The van der Waals surface area contributed by atoms with Gasteiger partial charge in [0.2, 0.25) is 0 Å². The van der Waals surface area contributed by atoms with Gasteiger partial charge in [0.15, 0.2) is 0 Å². The molecule has 0 bridgehead atoms. The second-order valence-corrected chi connectivity index (χ2v) is 4.67. The van der Waals surface area contributed by atoms with E-state index < -0.39 is 5.97 Å². The smallest absolute Gasteiger partial charge is 0.303 e. The lowest BCUT2D eigenvalue weighted by atomic mass is 10.1. The fourth-order valence-electron chi connectivity index (χ4n) is 1.82. The standard InChI is InChI=1S/C15H28O2/c1-2-3-4-5-6-7-8-9-10-11-12-13-14-15(16)17/h8-9H,2-7,10-14H2,1H3,(H,16,17)/b9-8+. The molecular formula is C15H28O2. The maximum absolute atomic E-state index is 10.3. The average molecular weight is 240 g/mol. The first-order valence-electron chi connectivity index (χ1n) is 7.14. The summed E-state index contributed by atoms with van der Waals surface area (Å²) in [5, 5.41) is 8.46. The molecule has 0 radical (unpaired) electrons. The third-order valence-electron chi connectivity index (χ3n) is 2.90. The van der Waals surface area contributed by atoms with E-state index in [1.54, 1.807) is 0 Å². The topological polar surface area (TPSA) is 37.3 Å². The molecule has 2 heteroatoms. The summed E-state index contributed by atoms with van der Waals surface area (Å²) >= 11 is 0. The molecule has 0 atom stereocenters. The Kier molecular flexibility index (Phi) is 12.7. The summed E-state index contributed by atoms with van der Waals surface area (Å²) in [6.45, 7) is 2.24. The molecule has 0 rings (SSSR count). The quantitative estimate of drug-likeness (QED) is 0.387. The van der Waals surface area contributed by atoms with Crippen LogP contribution in [0.1, 0.15) is 77.6 Å². The number of hydrogen-bond donors (Lipinski definition) is 1. The molecule has 0 aliphatic carbocycles. The van der Waals surface area contributed by atoms with Crippen molar-refractivity contribution in [3.8, 4) is 0 Å². The number of carboxylic acids is 1. The lowest BCUT2D eigenvalue weighted by molar-refractivity contribution is -0.137. The van der Waals surface area contributed by atoms with Crippen LogP contribution in [-0.4, -0.2) is 11.1 Å². The number of aliphatic carboxylic acids is 1. The molecule has 0 unspecified atom stereocenters. The van der Waals surface area contributed by atoms with E-state index in [-0.39, 0.29) is 0 Å². The third-order valence-corrected chi connectivity index (χ3v) is 2.90. The predicted octanol–water partition coefficient (Wildman–Crippen LogP) is 4.94. The van der Waals surface area contributed by atoms with E-state index in [9.17, 15) is 4.79 Å². The molecule has 0 saturated carbocycles. The molecule has 0 spiro atoms. The maximum Gasteiger partial charge on any atom is 0.303 e. The average Bonchev–Trinajstić information content (AvgIpc) is 2.30. The van der Waals surface area contributed by atoms with Gasteiger partial charge in [0, 0.05) is 6.42 Å². The Morgan fingerprint density at radius 2 is 1.41 bits per heavy atom. The van der Waals surface area contributed by atoms with Gasteiger partial charge < -0.3 is 5.11 Å². The van der Waals surface area contributed by atoms with Crippen molar-refractivity contribution in [1.29, 1.82) is 0 Å². The molecule has 0 fully saturated rings. The van der Waals surface area contributed by atoms with Crippen LogP contribution in [0.4, 0.5) is 0 Å². The highest BCUT2D eigenvalue weighted by Gasteiger charge is 1.94. The summed E-state index contributed by atoms with van der Waals surface area (Å²) in [7, 11) is 0. The van der Waals surface area contributed by atoms with Gasteiger partial charge in [0.05, 0.1) is 0 Å². The summed E-state index contributed by atoms with van der Waals surface area (Å²) < 4.78 is 0. The largest absolute Gasteiger partial charge is 0.481 e. The number of carboxylic acid groups (broad SMARTS) is 1. The molecule has 1 N–H and O–H groups in total. The summed E-state index contributed by atoms with van der Waals surface area (Å²) in [4.78, 5) is 10.3. The number of rotatable bonds is 12. The lowest BCUT2D eigenvalue weighted by Crippen LogP contribution is -1.93. The molecule has 0 aromatic heterocycles. The van der Waals surface area contributed by atoms with Crippen LogP contribution in [0.15, 0.2) is 12.2 Å². The van der Waals surface area contributed by atoms with Crippen molar-refractivity contribution in [2.75, 3.05) is 0 Å². The fraction of sp³-hybridized carbons (Fsp3) is 0.800. The summed E-state index contributed by atoms with van der Waals surface area (Å²) in [5.41, 5.74) is 0. The molecule has 0 amide bonds. The predicted molar refractivity (Wildman–Crippen MR) is 73.2 cm³/mol. The Morgan fingerprint density at radius 3 is 1.94 bits per heavy atom. The van der Waals surface area contributed by atoms with Gasteiger partial charge >= 0.3 is 5.97 Å². The molecule has 17 heavy (non-hydrogen) atoms. The zero-order chi connectivity index (χ0) is 12.8. The van der Waals surface area contributed by atoms with Crippen molar-refractivity contribution >= 4 is 5.97 Å². The minimum Gasteiger partial charge on any atom is -0.481 e. The molecule has 0 aliphatic rings. The molecule has 100 valence electrons. The normalized spacial score (nSPS) is 11.1. The van der Waals surface area contributed by atoms with Crippen LogP contribution in [0, 0.1) is 0 Å². The van der Waals surface area contributed by atoms with Gasteiger partial charge in [-0.3, -0.25) is 4.79 Å². The molecule has 0 aliphatic heterocycles. The lowest BCUT2D eigenvalue weighted by Gasteiger charge is -1.97. The summed E-state index contributed by atoms with van der Waals surface area (Å²) in [6.07, 6.45) is 16.9. The number of unbranched alkanes of at least 4 members (excludes halogenated alkanes) is 8. The minimum atomic E-state index is -0.673. The zero-order valence-corrected chi connectivity index (χ0v) is 11.3. The van der Waals surface area contributed by atoms with Gasteiger partial charge in [-0.1, -0.05) is 51.2 Å². The number of hydrogen-bond acceptors (Lipinski definition) is 1. The fourth-order valence-corrected chi connectivity index (χ4v) is 1.82. The van der Waals surface area contributed by atoms with E-state index in [0.717, 1.165) is 25.7 Å². The number of allylic oxidation sites excluding steroid dienone is 2. The Bertz CT molecular complexity index is 197. The van der Waals surface area contributed by atoms with E-state index >= 15 is 0 Å². The van der Waals surface area contributed by atoms with Crippen LogP contribution in [0.2, 0.25) is 0 Å². The van der Waals surface area contributed by atoms with Crippen molar-refractivity contribution in [3.05, 3.63) is 12.2 Å². The molecule has 2 nitrogen and oxygen atoms in total. The first-order chi connectivity index (χ1) is 8.27. The second kappa shape index (κ2) is 13.3. The van der Waals surface area contributed by atoms with E-state index in [0.29, 0.717) is 6.42 Å². The van der Waals surface area contributed by atoms with Crippen molar-refractivity contribution in [1.82, 2.24) is 0 Å². The van der Waals surface area contributed by atoms with Crippen molar-refractivity contribution < 1.29 is 9.90 Å². The SMILES string of the molecule is CCCCCCC/C=C/CCCCCC(=O)O. The Hall–Kier alpha value is -0.790. The Balaban J connectivity index is 3.07. The molecule has 0 heterocycles. The van der Waals surface area contributed by atoms with Crippen LogP contribution in [0.3, 0.4) is 0 Å². The van der Waals surface area contributed by atoms with Crippen LogP contribution in [0.5, 0.6) is 0 Å². The monoisotopic (exact) mass is 240 g/mol. The van der Waals surface area contributed by atoms with Crippen LogP contribution in [-0.2, 0) is 4.79 Å². The molecule has 0 saturated heterocycles. The van der Waals surface area contributed by atoms with E-state index in [4.69, 9.17) is 5.11 Å². The first kappa shape index (κ1) is 16.2.